The molecule has 1 amide bonds. The van der Waals surface area contributed by atoms with Crippen LogP contribution >= 0.6 is 0 Å². The third kappa shape index (κ3) is 1.60. The van der Waals surface area contributed by atoms with E-state index in [1.807, 2.05) is 19.1 Å². The highest BCUT2D eigenvalue weighted by molar-refractivity contribution is 6.03. The van der Waals surface area contributed by atoms with Gasteiger partial charge in [-0.25, -0.2) is 0 Å². The van der Waals surface area contributed by atoms with Crippen LogP contribution in [0.25, 0.3) is 0 Å². The third-order valence-electron chi connectivity index (χ3n) is 4.05. The summed E-state index contributed by atoms with van der Waals surface area (Å²) in [6, 6.07) is 6.09. The smallest absolute Gasteiger partial charge is 0.255 e. The van der Waals surface area contributed by atoms with E-state index in [4.69, 9.17) is 0 Å². The van der Waals surface area contributed by atoms with Gasteiger partial charge in [0.15, 0.2) is 0 Å². The average molecular weight is 245 g/mol. The molecule has 4 heteroatoms. The minimum Gasteiger partial charge on any atom is -0.347 e. The van der Waals surface area contributed by atoms with Crippen LogP contribution in [0, 0.1) is 6.92 Å². The second-order valence-corrected chi connectivity index (χ2v) is 5.35. The third-order valence-corrected chi connectivity index (χ3v) is 4.05. The number of carbonyl (C=O) groups excluding carboxylic acids is 1. The fourth-order valence-electron chi connectivity index (χ4n) is 3.03. The Morgan fingerprint density at radius 3 is 3.00 bits per heavy atom. The molecule has 3 rings (SSSR count). The van der Waals surface area contributed by atoms with Crippen molar-refractivity contribution in [2.75, 3.05) is 24.5 Å². The summed E-state index contributed by atoms with van der Waals surface area (Å²) < 4.78 is 0. The highest BCUT2D eigenvalue weighted by atomic mass is 16.2. The molecule has 1 fully saturated rings. The maximum atomic E-state index is 12.3. The monoisotopic (exact) mass is 245 g/mol. The van der Waals surface area contributed by atoms with E-state index in [0.717, 1.165) is 42.9 Å². The summed E-state index contributed by atoms with van der Waals surface area (Å²) in [5.74, 6) is 0.0590. The summed E-state index contributed by atoms with van der Waals surface area (Å²) in [4.78, 5) is 14.7. The van der Waals surface area contributed by atoms with Crippen LogP contribution in [0.2, 0.25) is 0 Å². The molecule has 1 atom stereocenters. The Labute approximate surface area is 107 Å². The molecule has 2 heterocycles. The molecule has 4 nitrogen and oxygen atoms in total. The van der Waals surface area contributed by atoms with Gasteiger partial charge < -0.3 is 15.5 Å². The molecule has 1 aromatic carbocycles. The predicted molar refractivity (Wildman–Crippen MR) is 71.9 cm³/mol. The summed E-state index contributed by atoms with van der Waals surface area (Å²) in [6.45, 7) is 6.93. The summed E-state index contributed by atoms with van der Waals surface area (Å²) in [5.41, 5.74) is 2.69. The number of rotatable bonds is 0. The quantitative estimate of drug-likeness (QED) is 0.723. The Hall–Kier alpha value is -1.55. The number of fused-ring (bicyclic) bond motifs is 3. The summed E-state index contributed by atoms with van der Waals surface area (Å²) in [6.07, 6.45) is 0.923. The largest absolute Gasteiger partial charge is 0.347 e. The van der Waals surface area contributed by atoms with Gasteiger partial charge >= 0.3 is 0 Å². The number of hydrogen-bond acceptors (Lipinski definition) is 3. The molecule has 0 unspecified atom stereocenters. The lowest BCUT2D eigenvalue weighted by Crippen LogP contribution is -2.62. The fourth-order valence-corrected chi connectivity index (χ4v) is 3.03. The minimum absolute atomic E-state index is 0.0590. The lowest BCUT2D eigenvalue weighted by molar-refractivity contribution is 0.0887. The number of nitrogens with zero attached hydrogens (tertiary/aromatic N) is 1. The highest BCUT2D eigenvalue weighted by Crippen LogP contribution is 2.34. The first-order valence-corrected chi connectivity index (χ1v) is 6.52. The second kappa shape index (κ2) is 3.99. The van der Waals surface area contributed by atoms with Crippen molar-refractivity contribution >= 4 is 11.6 Å². The van der Waals surface area contributed by atoms with Crippen LogP contribution in [0.15, 0.2) is 18.2 Å². The van der Waals surface area contributed by atoms with Crippen molar-refractivity contribution in [3.05, 3.63) is 29.3 Å². The van der Waals surface area contributed by atoms with Gasteiger partial charge in [0.05, 0.1) is 11.3 Å². The van der Waals surface area contributed by atoms with E-state index >= 15 is 0 Å². The Morgan fingerprint density at radius 1 is 1.33 bits per heavy atom. The van der Waals surface area contributed by atoms with Crippen LogP contribution in [0.4, 0.5) is 5.69 Å². The van der Waals surface area contributed by atoms with Crippen molar-refractivity contribution < 1.29 is 4.79 Å². The Balaban J connectivity index is 2.15. The molecule has 0 aliphatic carbocycles. The van der Waals surface area contributed by atoms with E-state index < -0.39 is 0 Å². The molecular formula is C14H19N3O. The average Bonchev–Trinajstić information content (AvgIpc) is 2.50. The topological polar surface area (TPSA) is 44.4 Å². The van der Waals surface area contributed by atoms with Gasteiger partial charge in [0.2, 0.25) is 0 Å². The van der Waals surface area contributed by atoms with Gasteiger partial charge in [-0.1, -0.05) is 12.1 Å². The summed E-state index contributed by atoms with van der Waals surface area (Å²) in [7, 11) is 0. The van der Waals surface area contributed by atoms with Gasteiger partial charge in [0.1, 0.15) is 5.66 Å². The Bertz CT molecular complexity index is 500. The Morgan fingerprint density at radius 2 is 2.17 bits per heavy atom. The molecular weight excluding hydrogens is 226 g/mol. The molecule has 0 bridgehead atoms. The van der Waals surface area contributed by atoms with Crippen molar-refractivity contribution in [1.82, 2.24) is 10.6 Å². The van der Waals surface area contributed by atoms with E-state index in [-0.39, 0.29) is 11.6 Å². The van der Waals surface area contributed by atoms with Gasteiger partial charge in [-0.2, -0.15) is 0 Å². The molecule has 0 radical (unpaired) electrons. The van der Waals surface area contributed by atoms with Crippen LogP contribution in [0.1, 0.15) is 29.3 Å². The molecule has 2 aliphatic rings. The first-order chi connectivity index (χ1) is 8.62. The molecule has 18 heavy (non-hydrogen) atoms. The zero-order valence-electron chi connectivity index (χ0n) is 10.9. The first kappa shape index (κ1) is 11.5. The van der Waals surface area contributed by atoms with Crippen molar-refractivity contribution in [2.24, 2.45) is 0 Å². The maximum Gasteiger partial charge on any atom is 0.255 e. The number of nitrogens with one attached hydrogen (secondary N) is 2. The zero-order valence-corrected chi connectivity index (χ0v) is 10.9. The van der Waals surface area contributed by atoms with E-state index in [9.17, 15) is 4.79 Å². The molecule has 96 valence electrons. The summed E-state index contributed by atoms with van der Waals surface area (Å²) >= 11 is 0. The number of hydrogen-bond donors (Lipinski definition) is 2. The van der Waals surface area contributed by atoms with Gasteiger partial charge in [-0.3, -0.25) is 4.79 Å². The fraction of sp³-hybridized carbons (Fsp3) is 0.500. The van der Waals surface area contributed by atoms with Gasteiger partial charge in [0.25, 0.3) is 5.91 Å². The molecule has 1 saturated heterocycles. The van der Waals surface area contributed by atoms with Crippen molar-refractivity contribution in [1.29, 1.82) is 0 Å². The maximum absolute atomic E-state index is 12.3. The number of amides is 1. The number of anilines is 1. The minimum atomic E-state index is -0.263. The van der Waals surface area contributed by atoms with Crippen LogP contribution in [-0.2, 0) is 0 Å². The van der Waals surface area contributed by atoms with E-state index in [1.54, 1.807) is 0 Å². The van der Waals surface area contributed by atoms with Gasteiger partial charge in [-0.15, -0.1) is 0 Å². The van der Waals surface area contributed by atoms with E-state index in [1.165, 1.54) is 0 Å². The summed E-state index contributed by atoms with van der Waals surface area (Å²) in [5, 5.41) is 6.57. The highest BCUT2D eigenvalue weighted by Gasteiger charge is 2.40. The molecule has 2 N–H and O–H groups in total. The molecule has 0 spiro atoms. The van der Waals surface area contributed by atoms with Crippen LogP contribution in [0.3, 0.4) is 0 Å². The predicted octanol–water partition coefficient (Wildman–Crippen LogP) is 1.25. The van der Waals surface area contributed by atoms with Gasteiger partial charge in [0, 0.05) is 19.5 Å². The molecule has 0 saturated carbocycles. The van der Waals surface area contributed by atoms with Crippen LogP contribution < -0.4 is 15.5 Å². The normalized spacial score (nSPS) is 27.0. The van der Waals surface area contributed by atoms with E-state index in [0.29, 0.717) is 0 Å². The Kier molecular flexibility index (Phi) is 2.55. The number of carbonyl (C=O) groups is 1. The molecule has 2 aliphatic heterocycles. The van der Waals surface area contributed by atoms with Gasteiger partial charge in [-0.05, 0) is 32.0 Å². The van der Waals surface area contributed by atoms with Crippen LogP contribution in [0.5, 0.6) is 0 Å². The molecule has 1 aromatic rings. The lowest BCUT2D eigenvalue weighted by Gasteiger charge is -2.46. The number of benzene rings is 1. The number of aryl methyl sites for hydroxylation is 1. The molecule has 0 aromatic heterocycles. The van der Waals surface area contributed by atoms with Crippen molar-refractivity contribution in [3.8, 4) is 0 Å². The van der Waals surface area contributed by atoms with Crippen LogP contribution in [-0.4, -0.2) is 31.2 Å². The lowest BCUT2D eigenvalue weighted by atomic mass is 9.95. The first-order valence-electron chi connectivity index (χ1n) is 6.52. The standard InChI is InChI=1S/C14H19N3O/c1-10-4-3-5-11-12(10)13(18)16-14(2)6-7-15-8-9-17(11)14/h3-5,15H,6-9H2,1-2H3,(H,16,18)/t14-/m0/s1. The second-order valence-electron chi connectivity index (χ2n) is 5.35. The SMILES string of the molecule is Cc1cccc2c1C(=O)N[C@]1(C)CCNCCN21. The van der Waals surface area contributed by atoms with Crippen molar-refractivity contribution in [3.63, 3.8) is 0 Å². The van der Waals surface area contributed by atoms with Crippen molar-refractivity contribution in [2.45, 2.75) is 25.9 Å². The zero-order chi connectivity index (χ0) is 12.8. The van der Waals surface area contributed by atoms with E-state index in [2.05, 4.69) is 28.5 Å².